The summed E-state index contributed by atoms with van der Waals surface area (Å²) in [5.41, 5.74) is 3.10. The highest BCUT2D eigenvalue weighted by Crippen LogP contribution is 2.32. The lowest BCUT2D eigenvalue weighted by molar-refractivity contribution is -0.139. The molecule has 2 aromatic rings. The molecule has 6 heteroatoms. The van der Waals surface area contributed by atoms with Gasteiger partial charge in [-0.15, -0.1) is 0 Å². The van der Waals surface area contributed by atoms with Gasteiger partial charge < -0.3 is 20.1 Å². The van der Waals surface area contributed by atoms with Gasteiger partial charge in [-0.25, -0.2) is 9.59 Å². The van der Waals surface area contributed by atoms with Crippen molar-refractivity contribution in [3.8, 4) is 11.5 Å². The molecule has 1 aliphatic heterocycles. The zero-order chi connectivity index (χ0) is 23.5. The zero-order valence-electron chi connectivity index (χ0n) is 19.6. The number of ether oxygens (including phenoxy) is 2. The quantitative estimate of drug-likeness (QED) is 0.578. The lowest BCUT2D eigenvalue weighted by Gasteiger charge is -2.31. The maximum absolute atomic E-state index is 12.7. The van der Waals surface area contributed by atoms with Gasteiger partial charge in [0.2, 0.25) is 0 Å². The predicted molar refractivity (Wildman–Crippen MR) is 125 cm³/mol. The second-order valence-electron chi connectivity index (χ2n) is 9.18. The molecule has 3 rings (SSSR count). The number of hydrogen-bond acceptors (Lipinski definition) is 4. The Hall–Kier alpha value is -3.28. The van der Waals surface area contributed by atoms with Crippen LogP contribution in [0.4, 0.5) is 4.79 Å². The van der Waals surface area contributed by atoms with Crippen molar-refractivity contribution in [1.82, 2.24) is 10.6 Å². The molecule has 0 aliphatic carbocycles. The summed E-state index contributed by atoms with van der Waals surface area (Å²) in [5, 5.41) is 5.61. The van der Waals surface area contributed by atoms with E-state index in [1.165, 1.54) is 5.56 Å². The molecule has 2 amide bonds. The van der Waals surface area contributed by atoms with Crippen LogP contribution in [0.2, 0.25) is 0 Å². The first kappa shape index (κ1) is 23.4. The van der Waals surface area contributed by atoms with Crippen molar-refractivity contribution in [2.45, 2.75) is 53.0 Å². The van der Waals surface area contributed by atoms with E-state index < -0.39 is 12.0 Å². The minimum Gasteiger partial charge on any atom is -0.463 e. The molecule has 0 spiro atoms. The number of nitrogens with one attached hydrogen (secondary N) is 2. The topological polar surface area (TPSA) is 76.7 Å². The summed E-state index contributed by atoms with van der Waals surface area (Å²) in [6.45, 7) is 12.4. The Kier molecular flexibility index (Phi) is 6.92. The number of hydrogen-bond donors (Lipinski definition) is 2. The lowest BCUT2D eigenvalue weighted by Crippen LogP contribution is -2.47. The van der Waals surface area contributed by atoms with Gasteiger partial charge in [-0.05, 0) is 53.6 Å². The standard InChI is InChI=1S/C26H32N2O4/c1-7-31-24(29)21-22(16(2)3)27-25(30)28-23(21)17-8-12-19(13-9-17)32-20-14-10-18(11-15-20)26(4,5)6/h8-16,23H,7H2,1-6H3,(H2,27,28,30). The van der Waals surface area contributed by atoms with Crippen LogP contribution in [-0.2, 0) is 14.9 Å². The van der Waals surface area contributed by atoms with Crippen LogP contribution >= 0.6 is 0 Å². The number of carbonyl (C=O) groups excluding carboxylic acids is 2. The molecule has 0 saturated heterocycles. The van der Waals surface area contributed by atoms with Gasteiger partial charge in [0.15, 0.2) is 0 Å². The van der Waals surface area contributed by atoms with Crippen LogP contribution in [0.25, 0.3) is 0 Å². The fourth-order valence-electron chi connectivity index (χ4n) is 3.61. The van der Waals surface area contributed by atoms with Crippen molar-refractivity contribution < 1.29 is 19.1 Å². The molecular weight excluding hydrogens is 404 g/mol. The minimum absolute atomic E-state index is 0.0402. The summed E-state index contributed by atoms with van der Waals surface area (Å²) in [4.78, 5) is 25.0. The smallest absolute Gasteiger partial charge is 0.338 e. The fraction of sp³-hybridized carbons (Fsp3) is 0.385. The summed E-state index contributed by atoms with van der Waals surface area (Å²) < 4.78 is 11.3. The average molecular weight is 437 g/mol. The van der Waals surface area contributed by atoms with Gasteiger partial charge in [0.1, 0.15) is 11.5 Å². The largest absolute Gasteiger partial charge is 0.463 e. The first-order chi connectivity index (χ1) is 15.1. The summed E-state index contributed by atoms with van der Waals surface area (Å²) in [5.74, 6) is 0.938. The third kappa shape index (κ3) is 5.31. The molecule has 0 aromatic heterocycles. The predicted octanol–water partition coefficient (Wildman–Crippen LogP) is 5.60. The van der Waals surface area contributed by atoms with Crippen molar-refractivity contribution in [1.29, 1.82) is 0 Å². The van der Waals surface area contributed by atoms with Crippen LogP contribution in [0.1, 0.15) is 58.7 Å². The van der Waals surface area contributed by atoms with Crippen LogP contribution in [0.3, 0.4) is 0 Å². The molecule has 0 radical (unpaired) electrons. The Labute approximate surface area is 190 Å². The Balaban J connectivity index is 1.85. The van der Waals surface area contributed by atoms with Crippen LogP contribution in [-0.4, -0.2) is 18.6 Å². The Morgan fingerprint density at radius 1 is 1.00 bits per heavy atom. The maximum atomic E-state index is 12.7. The number of urea groups is 1. The Morgan fingerprint density at radius 2 is 1.56 bits per heavy atom. The van der Waals surface area contributed by atoms with Crippen molar-refractivity contribution in [3.63, 3.8) is 0 Å². The molecule has 2 aromatic carbocycles. The van der Waals surface area contributed by atoms with Crippen molar-refractivity contribution in [2.75, 3.05) is 6.61 Å². The molecule has 1 heterocycles. The summed E-state index contributed by atoms with van der Waals surface area (Å²) >= 11 is 0. The second-order valence-corrected chi connectivity index (χ2v) is 9.18. The van der Waals surface area contributed by atoms with Crippen LogP contribution in [0, 0.1) is 5.92 Å². The van der Waals surface area contributed by atoms with Gasteiger partial charge in [-0.2, -0.15) is 0 Å². The molecule has 0 fully saturated rings. The molecule has 170 valence electrons. The van der Waals surface area contributed by atoms with E-state index >= 15 is 0 Å². The van der Waals surface area contributed by atoms with E-state index in [0.717, 1.165) is 11.3 Å². The monoisotopic (exact) mass is 436 g/mol. The van der Waals surface area contributed by atoms with Gasteiger partial charge in [-0.1, -0.05) is 58.9 Å². The van der Waals surface area contributed by atoms with E-state index in [4.69, 9.17) is 9.47 Å². The van der Waals surface area contributed by atoms with Crippen molar-refractivity contribution in [3.05, 3.63) is 70.9 Å². The highest BCUT2D eigenvalue weighted by Gasteiger charge is 2.34. The number of amides is 2. The van der Waals surface area contributed by atoms with E-state index in [-0.39, 0.29) is 24.0 Å². The average Bonchev–Trinajstić information content (AvgIpc) is 2.73. The lowest BCUT2D eigenvalue weighted by atomic mass is 9.87. The number of esters is 1. The van der Waals surface area contributed by atoms with E-state index in [0.29, 0.717) is 17.0 Å². The molecule has 2 N–H and O–H groups in total. The highest BCUT2D eigenvalue weighted by molar-refractivity contribution is 5.95. The van der Waals surface area contributed by atoms with Gasteiger partial charge in [0.05, 0.1) is 18.2 Å². The highest BCUT2D eigenvalue weighted by atomic mass is 16.5. The molecule has 32 heavy (non-hydrogen) atoms. The van der Waals surface area contributed by atoms with Gasteiger partial charge >= 0.3 is 12.0 Å². The summed E-state index contributed by atoms with van der Waals surface area (Å²) in [6, 6.07) is 14.5. The summed E-state index contributed by atoms with van der Waals surface area (Å²) in [7, 11) is 0. The number of rotatable bonds is 6. The molecule has 1 unspecified atom stereocenters. The molecule has 6 nitrogen and oxygen atoms in total. The SMILES string of the molecule is CCOC(=O)C1=C(C(C)C)NC(=O)NC1c1ccc(Oc2ccc(C(C)(C)C)cc2)cc1. The van der Waals surface area contributed by atoms with Crippen molar-refractivity contribution >= 4 is 12.0 Å². The van der Waals surface area contributed by atoms with E-state index in [9.17, 15) is 9.59 Å². The second kappa shape index (κ2) is 9.47. The van der Waals surface area contributed by atoms with E-state index in [1.54, 1.807) is 6.92 Å². The minimum atomic E-state index is -0.597. The molecule has 1 aliphatic rings. The van der Waals surface area contributed by atoms with Crippen LogP contribution in [0.15, 0.2) is 59.8 Å². The van der Waals surface area contributed by atoms with Crippen LogP contribution < -0.4 is 15.4 Å². The van der Waals surface area contributed by atoms with Gasteiger partial charge in [0, 0.05) is 5.70 Å². The first-order valence-electron chi connectivity index (χ1n) is 11.0. The number of carbonyl (C=O) groups is 2. The summed E-state index contributed by atoms with van der Waals surface area (Å²) in [6.07, 6.45) is 0. The van der Waals surface area contributed by atoms with Crippen molar-refractivity contribution in [2.24, 2.45) is 5.92 Å². The Morgan fingerprint density at radius 3 is 2.06 bits per heavy atom. The number of benzene rings is 2. The number of allylic oxidation sites excluding steroid dienone is 1. The van der Waals surface area contributed by atoms with Gasteiger partial charge in [-0.3, -0.25) is 0 Å². The third-order valence-corrected chi connectivity index (χ3v) is 5.34. The van der Waals surface area contributed by atoms with E-state index in [1.807, 2.05) is 50.2 Å². The third-order valence-electron chi connectivity index (χ3n) is 5.34. The molecule has 1 atom stereocenters. The molecule has 0 saturated carbocycles. The maximum Gasteiger partial charge on any atom is 0.338 e. The zero-order valence-corrected chi connectivity index (χ0v) is 19.6. The van der Waals surface area contributed by atoms with Gasteiger partial charge in [0.25, 0.3) is 0 Å². The van der Waals surface area contributed by atoms with E-state index in [2.05, 4.69) is 43.5 Å². The van der Waals surface area contributed by atoms with Crippen LogP contribution in [0.5, 0.6) is 11.5 Å². The normalized spacial score (nSPS) is 16.5. The molecule has 0 bridgehead atoms. The fourth-order valence-corrected chi connectivity index (χ4v) is 3.61. The molecular formula is C26H32N2O4. The Bertz CT molecular complexity index is 1000. The first-order valence-corrected chi connectivity index (χ1v) is 11.0.